The molecule has 2 aromatic carbocycles. The summed E-state index contributed by atoms with van der Waals surface area (Å²) in [6, 6.07) is 12.8. The third-order valence-electron chi connectivity index (χ3n) is 2.84. The van der Waals surface area contributed by atoms with Crippen LogP contribution < -0.4 is 14.8 Å². The molecule has 2 rings (SSSR count). The van der Waals surface area contributed by atoms with E-state index in [-0.39, 0.29) is 24.5 Å². The van der Waals surface area contributed by atoms with Gasteiger partial charge in [-0.15, -0.1) is 13.2 Å². The fraction of sp³-hybridized carbons (Fsp3) is 0.188. The van der Waals surface area contributed by atoms with Gasteiger partial charge in [0.1, 0.15) is 11.5 Å². The normalized spacial score (nSPS) is 11.0. The highest BCUT2D eigenvalue weighted by Crippen LogP contribution is 2.26. The van der Waals surface area contributed by atoms with E-state index in [1.54, 1.807) is 24.3 Å². The molecule has 8 heteroatoms. The second-order valence-electron chi connectivity index (χ2n) is 4.68. The van der Waals surface area contributed by atoms with Crippen LogP contribution in [0.1, 0.15) is 5.56 Å². The van der Waals surface area contributed by atoms with Gasteiger partial charge in [0.25, 0.3) is 5.91 Å². The molecule has 0 bridgehead atoms. The van der Waals surface area contributed by atoms with E-state index in [9.17, 15) is 18.0 Å². The van der Waals surface area contributed by atoms with Crippen LogP contribution in [0.5, 0.6) is 11.5 Å². The lowest BCUT2D eigenvalue weighted by atomic mass is 10.2. The van der Waals surface area contributed by atoms with E-state index >= 15 is 0 Å². The highest BCUT2D eigenvalue weighted by atomic mass is 127. The SMILES string of the molecule is O=C(COc1cccc(I)c1)NCc1ccccc1OC(F)(F)F. The Balaban J connectivity index is 1.88. The van der Waals surface area contributed by atoms with Crippen LogP contribution >= 0.6 is 22.6 Å². The van der Waals surface area contributed by atoms with E-state index in [2.05, 4.69) is 32.6 Å². The highest BCUT2D eigenvalue weighted by Gasteiger charge is 2.31. The summed E-state index contributed by atoms with van der Waals surface area (Å²) in [6.45, 7) is -0.330. The first-order valence-corrected chi connectivity index (χ1v) is 7.90. The first-order chi connectivity index (χ1) is 11.3. The minimum atomic E-state index is -4.78. The molecule has 4 nitrogen and oxygen atoms in total. The first kappa shape index (κ1) is 18.4. The van der Waals surface area contributed by atoms with E-state index in [4.69, 9.17) is 4.74 Å². The van der Waals surface area contributed by atoms with Gasteiger partial charge in [-0.2, -0.15) is 0 Å². The topological polar surface area (TPSA) is 47.6 Å². The van der Waals surface area contributed by atoms with E-state index in [1.807, 2.05) is 6.07 Å². The van der Waals surface area contributed by atoms with Crippen LogP contribution in [0.25, 0.3) is 0 Å². The predicted molar refractivity (Wildman–Crippen MR) is 89.6 cm³/mol. The average Bonchev–Trinajstić information content (AvgIpc) is 2.51. The van der Waals surface area contributed by atoms with Gasteiger partial charge in [0.05, 0.1) is 0 Å². The molecule has 0 atom stereocenters. The van der Waals surface area contributed by atoms with Crippen LogP contribution in [0, 0.1) is 3.57 Å². The van der Waals surface area contributed by atoms with Crippen LogP contribution in [-0.2, 0) is 11.3 Å². The molecule has 1 amide bonds. The lowest BCUT2D eigenvalue weighted by molar-refractivity contribution is -0.274. The van der Waals surface area contributed by atoms with E-state index in [1.165, 1.54) is 18.2 Å². The van der Waals surface area contributed by atoms with Crippen molar-refractivity contribution in [1.29, 1.82) is 0 Å². The van der Waals surface area contributed by atoms with Crippen LogP contribution in [0.15, 0.2) is 48.5 Å². The van der Waals surface area contributed by atoms with Gasteiger partial charge in [0.2, 0.25) is 0 Å². The van der Waals surface area contributed by atoms with Crippen molar-refractivity contribution in [1.82, 2.24) is 5.32 Å². The molecule has 0 heterocycles. The Morgan fingerprint density at radius 1 is 1.12 bits per heavy atom. The van der Waals surface area contributed by atoms with Crippen molar-refractivity contribution in [3.05, 3.63) is 57.7 Å². The summed E-state index contributed by atoms with van der Waals surface area (Å²) in [6.07, 6.45) is -4.78. The number of para-hydroxylation sites is 1. The average molecular weight is 451 g/mol. The Hall–Kier alpha value is -1.97. The molecule has 24 heavy (non-hydrogen) atoms. The maximum atomic E-state index is 12.3. The third kappa shape index (κ3) is 6.26. The summed E-state index contributed by atoms with van der Waals surface area (Å²) in [5, 5.41) is 2.50. The van der Waals surface area contributed by atoms with Gasteiger partial charge in [0, 0.05) is 15.7 Å². The summed E-state index contributed by atoms with van der Waals surface area (Å²) in [5.74, 6) is -0.252. The fourth-order valence-corrected chi connectivity index (χ4v) is 2.34. The second kappa shape index (κ2) is 8.22. The lowest BCUT2D eigenvalue weighted by Crippen LogP contribution is -2.29. The van der Waals surface area contributed by atoms with Gasteiger partial charge < -0.3 is 14.8 Å². The van der Waals surface area contributed by atoms with Crippen molar-refractivity contribution < 1.29 is 27.4 Å². The summed E-state index contributed by atoms with van der Waals surface area (Å²) in [7, 11) is 0. The maximum Gasteiger partial charge on any atom is 0.573 e. The number of benzene rings is 2. The van der Waals surface area contributed by atoms with Gasteiger partial charge in [0.15, 0.2) is 6.61 Å². The Kier molecular flexibility index (Phi) is 6.29. The summed E-state index contributed by atoms with van der Waals surface area (Å²) in [4.78, 5) is 11.8. The van der Waals surface area contributed by atoms with Gasteiger partial charge in [-0.1, -0.05) is 24.3 Å². The number of hydrogen-bond donors (Lipinski definition) is 1. The van der Waals surface area contributed by atoms with Gasteiger partial charge in [-0.05, 0) is 46.9 Å². The minimum absolute atomic E-state index is 0.0965. The Morgan fingerprint density at radius 2 is 1.88 bits per heavy atom. The summed E-state index contributed by atoms with van der Waals surface area (Å²) in [5.41, 5.74) is 0.220. The van der Waals surface area contributed by atoms with E-state index in [0.29, 0.717) is 5.75 Å². The number of halogens is 4. The van der Waals surface area contributed by atoms with Gasteiger partial charge in [-0.3, -0.25) is 4.79 Å². The molecule has 0 aliphatic carbocycles. The largest absolute Gasteiger partial charge is 0.573 e. The number of carbonyl (C=O) groups is 1. The second-order valence-corrected chi connectivity index (χ2v) is 5.92. The van der Waals surface area contributed by atoms with Crippen molar-refractivity contribution in [2.75, 3.05) is 6.61 Å². The number of carbonyl (C=O) groups excluding carboxylic acids is 1. The Morgan fingerprint density at radius 3 is 2.58 bits per heavy atom. The van der Waals surface area contributed by atoms with Crippen LogP contribution in [0.2, 0.25) is 0 Å². The summed E-state index contributed by atoms with van der Waals surface area (Å²) < 4.78 is 47.2. The molecule has 0 unspecified atom stereocenters. The third-order valence-corrected chi connectivity index (χ3v) is 3.51. The molecular formula is C16H13F3INO3. The molecule has 1 N–H and O–H groups in total. The molecule has 0 saturated carbocycles. The minimum Gasteiger partial charge on any atom is -0.484 e. The molecule has 0 spiro atoms. The van der Waals surface area contributed by atoms with Crippen molar-refractivity contribution in [2.24, 2.45) is 0 Å². The van der Waals surface area contributed by atoms with Crippen LogP contribution in [0.3, 0.4) is 0 Å². The van der Waals surface area contributed by atoms with Crippen molar-refractivity contribution in [3.8, 4) is 11.5 Å². The molecule has 0 fully saturated rings. The molecule has 0 radical (unpaired) electrons. The number of alkyl halides is 3. The van der Waals surface area contributed by atoms with Crippen LogP contribution in [-0.4, -0.2) is 18.9 Å². The van der Waals surface area contributed by atoms with Gasteiger partial charge >= 0.3 is 6.36 Å². The fourth-order valence-electron chi connectivity index (χ4n) is 1.82. The number of amides is 1. The van der Waals surface area contributed by atoms with Gasteiger partial charge in [-0.25, -0.2) is 0 Å². The molecular weight excluding hydrogens is 438 g/mol. The predicted octanol–water partition coefficient (Wildman–Crippen LogP) is 3.89. The Bertz CT molecular complexity index is 707. The zero-order valence-corrected chi connectivity index (χ0v) is 14.4. The Labute approximate surface area is 150 Å². The smallest absolute Gasteiger partial charge is 0.484 e. The van der Waals surface area contributed by atoms with E-state index < -0.39 is 12.3 Å². The highest BCUT2D eigenvalue weighted by molar-refractivity contribution is 14.1. The number of rotatable bonds is 6. The van der Waals surface area contributed by atoms with E-state index in [0.717, 1.165) is 3.57 Å². The molecule has 0 aliphatic rings. The molecule has 0 saturated heterocycles. The molecule has 0 aliphatic heterocycles. The quantitative estimate of drug-likeness (QED) is 0.679. The summed E-state index contributed by atoms with van der Waals surface area (Å²) >= 11 is 2.11. The zero-order chi connectivity index (χ0) is 17.6. The van der Waals surface area contributed by atoms with Crippen molar-refractivity contribution >= 4 is 28.5 Å². The lowest BCUT2D eigenvalue weighted by Gasteiger charge is -2.13. The maximum absolute atomic E-state index is 12.3. The van der Waals surface area contributed by atoms with Crippen LogP contribution in [0.4, 0.5) is 13.2 Å². The zero-order valence-electron chi connectivity index (χ0n) is 12.3. The number of hydrogen-bond acceptors (Lipinski definition) is 3. The number of nitrogens with one attached hydrogen (secondary N) is 1. The first-order valence-electron chi connectivity index (χ1n) is 6.82. The van der Waals surface area contributed by atoms with Crippen molar-refractivity contribution in [2.45, 2.75) is 12.9 Å². The molecule has 2 aromatic rings. The molecule has 0 aromatic heterocycles. The molecule has 128 valence electrons. The monoisotopic (exact) mass is 451 g/mol. The van der Waals surface area contributed by atoms with Crippen molar-refractivity contribution in [3.63, 3.8) is 0 Å². The standard InChI is InChI=1S/C16H13F3INO3/c17-16(18,19)24-14-7-2-1-4-11(14)9-21-15(22)10-23-13-6-3-5-12(20)8-13/h1-8H,9-10H2,(H,21,22). The number of ether oxygens (including phenoxy) is 2.